The van der Waals surface area contributed by atoms with Gasteiger partial charge in [0.1, 0.15) is 11.4 Å². The minimum absolute atomic E-state index is 0.0181. The molecule has 0 saturated carbocycles. The number of nitrogens with zero attached hydrogens (tertiary/aromatic N) is 1. The molecule has 1 aliphatic rings. The number of aldehydes is 3. The summed E-state index contributed by atoms with van der Waals surface area (Å²) in [7, 11) is 0. The minimum atomic E-state index is -2.44. The molecule has 8 heteroatoms. The average molecular weight is 226 g/mol. The summed E-state index contributed by atoms with van der Waals surface area (Å²) in [6.07, 6.45) is 0.160. The van der Waals surface area contributed by atoms with Crippen LogP contribution in [0.3, 0.4) is 0 Å². The van der Waals surface area contributed by atoms with Crippen molar-refractivity contribution in [2.75, 3.05) is 0 Å². The third kappa shape index (κ3) is 1.28. The first-order valence-electron chi connectivity index (χ1n) is 3.94. The predicted octanol–water partition coefficient (Wildman–Crippen LogP) is -2.36. The zero-order valence-corrected chi connectivity index (χ0v) is 7.75. The number of nitrogens with one attached hydrogen (secondary N) is 1. The number of carbonyl (C=O) groups excluding carboxylic acids is 4. The summed E-state index contributed by atoms with van der Waals surface area (Å²) in [5.74, 6) is -1.70. The predicted molar refractivity (Wildman–Crippen MR) is 46.6 cm³/mol. The lowest BCUT2D eigenvalue weighted by molar-refractivity contribution is -0.156. The van der Waals surface area contributed by atoms with E-state index in [-0.39, 0.29) is 25.3 Å². The van der Waals surface area contributed by atoms with Gasteiger partial charge < -0.3 is 10.4 Å². The van der Waals surface area contributed by atoms with Gasteiger partial charge in [-0.05, 0) is 0 Å². The Balaban J connectivity index is 3.37. The monoisotopic (exact) mass is 226 g/mol. The average Bonchev–Trinajstić information content (AvgIpc) is 2.62. The summed E-state index contributed by atoms with van der Waals surface area (Å²) in [4.78, 5) is 53.8. The number of rotatable bonds is 5. The van der Waals surface area contributed by atoms with Crippen LogP contribution in [0.1, 0.15) is 0 Å². The molecule has 1 unspecified atom stereocenters. The van der Waals surface area contributed by atoms with Gasteiger partial charge in [0.25, 0.3) is 5.66 Å². The maximum absolute atomic E-state index is 10.9. The molecule has 0 aromatic rings. The molecule has 0 bridgehead atoms. The third-order valence-electron chi connectivity index (χ3n) is 2.07. The summed E-state index contributed by atoms with van der Waals surface area (Å²) in [6.45, 7) is 0. The van der Waals surface area contributed by atoms with Crippen molar-refractivity contribution in [1.82, 2.24) is 10.2 Å². The number of aliphatic carboxylic acids is 1. The number of carboxylic acid groups (broad SMARTS) is 1. The molecule has 0 spiro atoms. The number of carboxylic acids is 1. The molecule has 0 aromatic carbocycles. The smallest absolute Gasteiger partial charge is 0.358 e. The first-order valence-corrected chi connectivity index (χ1v) is 3.94. The second kappa shape index (κ2) is 3.93. The van der Waals surface area contributed by atoms with E-state index in [0.29, 0.717) is 4.90 Å². The van der Waals surface area contributed by atoms with Crippen molar-refractivity contribution in [3.63, 3.8) is 0 Å². The van der Waals surface area contributed by atoms with E-state index in [4.69, 9.17) is 5.11 Å². The standard InChI is InChI=1S/C8H6N2O6/c11-1-5-6(2-12)10(4-14)8(3-13,9-5)7(15)16/h1-4,9H,(H,15,16). The lowest BCUT2D eigenvalue weighted by atomic mass is 10.2. The van der Waals surface area contributed by atoms with Crippen LogP contribution in [0.2, 0.25) is 0 Å². The molecule has 0 aliphatic carbocycles. The van der Waals surface area contributed by atoms with Crippen LogP contribution in [-0.4, -0.2) is 46.9 Å². The Morgan fingerprint density at radius 3 is 2.19 bits per heavy atom. The van der Waals surface area contributed by atoms with E-state index in [2.05, 4.69) is 0 Å². The van der Waals surface area contributed by atoms with Crippen molar-refractivity contribution in [2.24, 2.45) is 0 Å². The molecule has 2 N–H and O–H groups in total. The SMILES string of the molecule is O=CC1=C(C=O)N(C=O)C(C=O)(C(=O)O)N1. The number of hydrogen-bond donors (Lipinski definition) is 2. The van der Waals surface area contributed by atoms with Gasteiger partial charge in [-0.15, -0.1) is 0 Å². The van der Waals surface area contributed by atoms with E-state index in [9.17, 15) is 24.0 Å². The van der Waals surface area contributed by atoms with Crippen molar-refractivity contribution in [1.29, 1.82) is 0 Å². The van der Waals surface area contributed by atoms with E-state index >= 15 is 0 Å². The van der Waals surface area contributed by atoms with E-state index in [1.807, 2.05) is 5.32 Å². The normalized spacial score (nSPS) is 23.6. The van der Waals surface area contributed by atoms with Gasteiger partial charge in [0.15, 0.2) is 18.9 Å². The van der Waals surface area contributed by atoms with Gasteiger partial charge in [-0.2, -0.15) is 0 Å². The molecule has 0 saturated heterocycles. The van der Waals surface area contributed by atoms with Crippen LogP contribution in [0.4, 0.5) is 0 Å². The molecule has 8 nitrogen and oxygen atoms in total. The first kappa shape index (κ1) is 11.6. The highest BCUT2D eigenvalue weighted by molar-refractivity contribution is 6.05. The summed E-state index contributed by atoms with van der Waals surface area (Å²) >= 11 is 0. The van der Waals surface area contributed by atoms with Crippen molar-refractivity contribution in [3.8, 4) is 0 Å². The van der Waals surface area contributed by atoms with Crippen LogP contribution in [0, 0.1) is 0 Å². The van der Waals surface area contributed by atoms with Gasteiger partial charge in [-0.3, -0.25) is 24.1 Å². The summed E-state index contributed by atoms with van der Waals surface area (Å²) in [6, 6.07) is 0. The summed E-state index contributed by atoms with van der Waals surface area (Å²) in [5.41, 5.74) is -3.37. The molecule has 1 rings (SSSR count). The minimum Gasteiger partial charge on any atom is -0.478 e. The maximum Gasteiger partial charge on any atom is 0.358 e. The molecule has 1 aliphatic heterocycles. The van der Waals surface area contributed by atoms with Crippen molar-refractivity contribution in [3.05, 3.63) is 11.4 Å². The van der Waals surface area contributed by atoms with Gasteiger partial charge in [-0.1, -0.05) is 0 Å². The van der Waals surface area contributed by atoms with E-state index in [1.165, 1.54) is 0 Å². The van der Waals surface area contributed by atoms with Crippen molar-refractivity contribution >= 4 is 31.2 Å². The van der Waals surface area contributed by atoms with Crippen LogP contribution in [0.25, 0.3) is 0 Å². The molecular formula is C8H6N2O6. The van der Waals surface area contributed by atoms with E-state index in [0.717, 1.165) is 0 Å². The maximum atomic E-state index is 10.9. The lowest BCUT2D eigenvalue weighted by Gasteiger charge is -2.26. The molecule has 0 radical (unpaired) electrons. The molecular weight excluding hydrogens is 220 g/mol. The van der Waals surface area contributed by atoms with Gasteiger partial charge >= 0.3 is 5.97 Å². The molecule has 16 heavy (non-hydrogen) atoms. The summed E-state index contributed by atoms with van der Waals surface area (Å²) < 4.78 is 0. The fourth-order valence-electron chi connectivity index (χ4n) is 1.29. The van der Waals surface area contributed by atoms with Gasteiger partial charge in [0.05, 0.1) is 0 Å². The van der Waals surface area contributed by atoms with E-state index in [1.54, 1.807) is 0 Å². The van der Waals surface area contributed by atoms with Crippen molar-refractivity contribution < 1.29 is 29.1 Å². The molecule has 1 atom stereocenters. The highest BCUT2D eigenvalue weighted by atomic mass is 16.4. The zero-order valence-electron chi connectivity index (χ0n) is 7.75. The molecule has 0 fully saturated rings. The molecule has 84 valence electrons. The van der Waals surface area contributed by atoms with Crippen LogP contribution in [0.5, 0.6) is 0 Å². The Morgan fingerprint density at radius 1 is 1.25 bits per heavy atom. The Kier molecular flexibility index (Phi) is 2.84. The van der Waals surface area contributed by atoms with Crippen LogP contribution in [-0.2, 0) is 24.0 Å². The van der Waals surface area contributed by atoms with Crippen molar-refractivity contribution in [2.45, 2.75) is 5.66 Å². The topological polar surface area (TPSA) is 121 Å². The number of allylic oxidation sites excluding steroid dienone is 2. The van der Waals surface area contributed by atoms with Crippen LogP contribution in [0.15, 0.2) is 11.4 Å². The fraction of sp³-hybridized carbons (Fsp3) is 0.125. The quantitative estimate of drug-likeness (QED) is 0.397. The lowest BCUT2D eigenvalue weighted by Crippen LogP contribution is -2.60. The van der Waals surface area contributed by atoms with Gasteiger partial charge in [0, 0.05) is 0 Å². The molecule has 1 amide bonds. The zero-order chi connectivity index (χ0) is 12.3. The second-order valence-corrected chi connectivity index (χ2v) is 2.82. The Labute approximate surface area is 88.5 Å². The molecule has 1 heterocycles. The van der Waals surface area contributed by atoms with Crippen LogP contribution >= 0.6 is 0 Å². The second-order valence-electron chi connectivity index (χ2n) is 2.82. The number of carbonyl (C=O) groups is 5. The molecule has 0 aromatic heterocycles. The Morgan fingerprint density at radius 2 is 1.88 bits per heavy atom. The number of hydrogen-bond acceptors (Lipinski definition) is 6. The van der Waals surface area contributed by atoms with Gasteiger partial charge in [0.2, 0.25) is 6.41 Å². The number of amides is 1. The van der Waals surface area contributed by atoms with E-state index < -0.39 is 23.0 Å². The van der Waals surface area contributed by atoms with Gasteiger partial charge in [-0.25, -0.2) is 4.79 Å². The Hall–Kier alpha value is -2.51. The highest BCUT2D eigenvalue weighted by Crippen LogP contribution is 2.23. The highest BCUT2D eigenvalue weighted by Gasteiger charge is 2.51. The first-order chi connectivity index (χ1) is 7.57. The Bertz CT molecular complexity index is 415. The largest absolute Gasteiger partial charge is 0.478 e. The summed E-state index contributed by atoms with van der Waals surface area (Å²) in [5, 5.41) is 10.9. The fourth-order valence-corrected chi connectivity index (χ4v) is 1.29. The van der Waals surface area contributed by atoms with Crippen LogP contribution < -0.4 is 5.32 Å². The third-order valence-corrected chi connectivity index (χ3v) is 2.07.